The van der Waals surface area contributed by atoms with E-state index < -0.39 is 0 Å². The predicted molar refractivity (Wildman–Crippen MR) is 121 cm³/mol. The average Bonchev–Trinajstić information content (AvgIpc) is 3.47. The van der Waals surface area contributed by atoms with Gasteiger partial charge in [0.2, 0.25) is 11.1 Å². The normalized spacial score (nSPS) is 13.7. The lowest BCUT2D eigenvalue weighted by atomic mass is 10.1. The van der Waals surface area contributed by atoms with Crippen LogP contribution in [0.3, 0.4) is 0 Å². The molecule has 0 bridgehead atoms. The Balaban J connectivity index is 1.29. The summed E-state index contributed by atoms with van der Waals surface area (Å²) in [6.07, 6.45) is 1.92. The highest BCUT2D eigenvalue weighted by Gasteiger charge is 2.30. The largest absolute Gasteiger partial charge is 0.302 e. The Kier molecular flexibility index (Phi) is 4.62. The molecule has 0 saturated heterocycles. The van der Waals surface area contributed by atoms with Crippen molar-refractivity contribution in [3.05, 3.63) is 60.4 Å². The van der Waals surface area contributed by atoms with Crippen LogP contribution < -0.4 is 5.32 Å². The van der Waals surface area contributed by atoms with Crippen LogP contribution in [0.1, 0.15) is 12.8 Å². The zero-order chi connectivity index (χ0) is 21.7. The molecule has 6 rings (SSSR count). The number of rotatable bonds is 5. The Morgan fingerprint density at radius 1 is 1.09 bits per heavy atom. The molecule has 7 nitrogen and oxygen atoms in total. The van der Waals surface area contributed by atoms with Gasteiger partial charge in [-0.25, -0.2) is 9.37 Å². The van der Waals surface area contributed by atoms with E-state index in [-0.39, 0.29) is 17.6 Å². The Bertz CT molecular complexity index is 1480. The maximum absolute atomic E-state index is 13.3. The van der Waals surface area contributed by atoms with Crippen LogP contribution >= 0.6 is 23.1 Å². The number of halogens is 1. The van der Waals surface area contributed by atoms with Crippen LogP contribution in [0, 0.1) is 11.7 Å². The van der Waals surface area contributed by atoms with Crippen molar-refractivity contribution < 1.29 is 9.18 Å². The van der Waals surface area contributed by atoms with Crippen LogP contribution in [0.5, 0.6) is 0 Å². The summed E-state index contributed by atoms with van der Waals surface area (Å²) in [7, 11) is 0. The highest BCUT2D eigenvalue weighted by Crippen LogP contribution is 2.35. The number of hydrogen-bond donors (Lipinski definition) is 1. The Morgan fingerprint density at radius 3 is 2.75 bits per heavy atom. The van der Waals surface area contributed by atoms with Crippen molar-refractivity contribution in [3.8, 4) is 11.3 Å². The molecule has 1 amide bonds. The molecule has 0 aliphatic heterocycles. The summed E-state index contributed by atoms with van der Waals surface area (Å²) in [6.45, 7) is 0. The van der Waals surface area contributed by atoms with Gasteiger partial charge >= 0.3 is 0 Å². The van der Waals surface area contributed by atoms with Gasteiger partial charge in [-0.1, -0.05) is 11.3 Å². The highest BCUT2D eigenvalue weighted by molar-refractivity contribution is 7.99. The van der Waals surface area contributed by atoms with Gasteiger partial charge in [-0.15, -0.1) is 10.2 Å². The van der Waals surface area contributed by atoms with Crippen LogP contribution in [0.25, 0.3) is 27.1 Å². The molecule has 32 heavy (non-hydrogen) atoms. The molecular formula is C22H15FN6OS2. The number of hydrogen-bond acceptors (Lipinski definition) is 7. The van der Waals surface area contributed by atoms with Crippen LogP contribution in [0.4, 0.5) is 9.52 Å². The van der Waals surface area contributed by atoms with Crippen LogP contribution in [0.15, 0.2) is 64.6 Å². The zero-order valence-electron chi connectivity index (χ0n) is 16.5. The minimum Gasteiger partial charge on any atom is -0.302 e. The minimum absolute atomic E-state index is 0.0524. The number of carbonyl (C=O) groups is 1. The number of nitrogens with zero attached hydrogens (tertiary/aromatic N) is 5. The summed E-state index contributed by atoms with van der Waals surface area (Å²) in [4.78, 5) is 17.5. The standard InChI is InChI=1S/C22H15FN6OS2/c23-14-5-3-12(4-6-14)16-9-10-19-26-27-22(29(19)28-16)31-15-7-8-17-18(11-15)32-21(24-17)25-20(30)13-1-2-13/h3-11,13H,1-2H2,(H,24,25,30). The lowest BCUT2D eigenvalue weighted by molar-refractivity contribution is -0.117. The van der Waals surface area contributed by atoms with Gasteiger partial charge in [-0.2, -0.15) is 9.61 Å². The molecule has 3 heterocycles. The molecule has 1 aliphatic carbocycles. The quantitative estimate of drug-likeness (QED) is 0.394. The second-order valence-electron chi connectivity index (χ2n) is 7.49. The molecule has 10 heteroatoms. The lowest BCUT2D eigenvalue weighted by Gasteiger charge is -2.03. The molecule has 0 atom stereocenters. The first-order chi connectivity index (χ1) is 15.6. The molecular weight excluding hydrogens is 447 g/mol. The summed E-state index contributed by atoms with van der Waals surface area (Å²) < 4.78 is 15.9. The third kappa shape index (κ3) is 3.71. The Morgan fingerprint density at radius 2 is 1.94 bits per heavy atom. The SMILES string of the molecule is O=C(Nc1nc2ccc(Sc3nnc4ccc(-c5ccc(F)cc5)nn34)cc2s1)C1CC1. The number of thiazole rings is 1. The lowest BCUT2D eigenvalue weighted by Crippen LogP contribution is -2.12. The summed E-state index contributed by atoms with van der Waals surface area (Å²) >= 11 is 2.90. The highest BCUT2D eigenvalue weighted by atomic mass is 32.2. The topological polar surface area (TPSA) is 85.1 Å². The number of amides is 1. The van der Waals surface area contributed by atoms with E-state index in [4.69, 9.17) is 0 Å². The maximum Gasteiger partial charge on any atom is 0.229 e. The van der Waals surface area contributed by atoms with Crippen molar-refractivity contribution in [2.45, 2.75) is 22.9 Å². The van der Waals surface area contributed by atoms with Crippen molar-refractivity contribution in [1.82, 2.24) is 24.8 Å². The van der Waals surface area contributed by atoms with Crippen LogP contribution in [-0.4, -0.2) is 30.7 Å². The van der Waals surface area contributed by atoms with E-state index in [9.17, 15) is 9.18 Å². The molecule has 1 saturated carbocycles. The number of benzene rings is 2. The summed E-state index contributed by atoms with van der Waals surface area (Å²) in [6, 6.07) is 15.8. The molecule has 0 spiro atoms. The number of carbonyl (C=O) groups excluding carboxylic acids is 1. The van der Waals surface area contributed by atoms with Gasteiger partial charge in [0, 0.05) is 16.4 Å². The van der Waals surface area contributed by atoms with Gasteiger partial charge in [0.05, 0.1) is 15.9 Å². The number of anilines is 1. The summed E-state index contributed by atoms with van der Waals surface area (Å²) in [5.41, 5.74) is 2.98. The molecule has 0 unspecified atom stereocenters. The van der Waals surface area contributed by atoms with E-state index in [1.165, 1.54) is 35.2 Å². The third-order valence-corrected chi connectivity index (χ3v) is 6.98. The van der Waals surface area contributed by atoms with E-state index in [1.807, 2.05) is 30.3 Å². The van der Waals surface area contributed by atoms with E-state index in [0.29, 0.717) is 21.6 Å². The van der Waals surface area contributed by atoms with E-state index in [1.54, 1.807) is 16.6 Å². The fraction of sp³-hybridized carbons (Fsp3) is 0.136. The van der Waals surface area contributed by atoms with Crippen LogP contribution in [0.2, 0.25) is 0 Å². The number of nitrogens with one attached hydrogen (secondary N) is 1. The van der Waals surface area contributed by atoms with Crippen molar-refractivity contribution >= 4 is 50.0 Å². The van der Waals surface area contributed by atoms with Gasteiger partial charge in [-0.3, -0.25) is 4.79 Å². The molecule has 1 N–H and O–H groups in total. The molecule has 1 fully saturated rings. The van der Waals surface area contributed by atoms with Crippen LogP contribution in [-0.2, 0) is 4.79 Å². The monoisotopic (exact) mass is 462 g/mol. The zero-order valence-corrected chi connectivity index (χ0v) is 18.2. The predicted octanol–water partition coefficient (Wildman–Crippen LogP) is 5.04. The average molecular weight is 463 g/mol. The van der Waals surface area contributed by atoms with Crippen molar-refractivity contribution in [2.75, 3.05) is 5.32 Å². The third-order valence-electron chi connectivity index (χ3n) is 5.12. The fourth-order valence-corrected chi connectivity index (χ4v) is 5.10. The van der Waals surface area contributed by atoms with Gasteiger partial charge in [0.25, 0.3) is 0 Å². The summed E-state index contributed by atoms with van der Waals surface area (Å²) in [5, 5.41) is 17.3. The first-order valence-corrected chi connectivity index (χ1v) is 11.6. The second kappa shape index (κ2) is 7.64. The smallest absolute Gasteiger partial charge is 0.229 e. The number of fused-ring (bicyclic) bond motifs is 2. The molecule has 3 aromatic heterocycles. The summed E-state index contributed by atoms with van der Waals surface area (Å²) in [5.74, 6) is -0.0950. The Hall–Kier alpha value is -3.37. The van der Waals surface area contributed by atoms with Gasteiger partial charge in [-0.05, 0) is 79.2 Å². The van der Waals surface area contributed by atoms with Crippen molar-refractivity contribution in [1.29, 1.82) is 0 Å². The van der Waals surface area contributed by atoms with Gasteiger partial charge < -0.3 is 5.32 Å². The number of aromatic nitrogens is 5. The van der Waals surface area contributed by atoms with Gasteiger partial charge in [0.15, 0.2) is 10.8 Å². The molecule has 1 aliphatic rings. The van der Waals surface area contributed by atoms with E-state index >= 15 is 0 Å². The molecule has 0 radical (unpaired) electrons. The maximum atomic E-state index is 13.3. The van der Waals surface area contributed by atoms with Crippen molar-refractivity contribution in [2.24, 2.45) is 5.92 Å². The minimum atomic E-state index is -0.288. The molecule has 5 aromatic rings. The second-order valence-corrected chi connectivity index (χ2v) is 9.56. The molecule has 2 aromatic carbocycles. The van der Waals surface area contributed by atoms with Crippen molar-refractivity contribution in [3.63, 3.8) is 0 Å². The molecule has 158 valence electrons. The fourth-order valence-electron chi connectivity index (χ4n) is 3.29. The Labute approximate surface area is 189 Å². The van der Waals surface area contributed by atoms with E-state index in [0.717, 1.165) is 33.5 Å². The first kappa shape index (κ1) is 19.3. The first-order valence-electron chi connectivity index (χ1n) is 10.0. The van der Waals surface area contributed by atoms with E-state index in [2.05, 4.69) is 25.6 Å². The van der Waals surface area contributed by atoms with Gasteiger partial charge in [0.1, 0.15) is 5.82 Å².